The summed E-state index contributed by atoms with van der Waals surface area (Å²) < 4.78 is 5.50. The number of esters is 1. The highest BCUT2D eigenvalue weighted by Gasteiger charge is 2.33. The second-order valence-electron chi connectivity index (χ2n) is 6.96. The Labute approximate surface area is 146 Å². The van der Waals surface area contributed by atoms with Gasteiger partial charge in [-0.1, -0.05) is 6.42 Å². The molecule has 0 aromatic carbocycles. The molecule has 0 saturated carbocycles. The predicted molar refractivity (Wildman–Crippen MR) is 93.8 cm³/mol. The summed E-state index contributed by atoms with van der Waals surface area (Å²) >= 11 is 1.28. The molecule has 0 saturated heterocycles. The maximum atomic E-state index is 12.7. The van der Waals surface area contributed by atoms with E-state index in [2.05, 4.69) is 5.32 Å². The number of rotatable bonds is 4. The minimum Gasteiger partial charge on any atom is -0.456 e. The number of carbonyl (C=O) groups excluding carboxylic acids is 3. The summed E-state index contributed by atoms with van der Waals surface area (Å²) in [6, 6.07) is 0. The molecule has 0 bridgehead atoms. The van der Waals surface area contributed by atoms with Crippen LogP contribution in [-0.4, -0.2) is 29.8 Å². The number of likely N-dealkylation sites (N-methyl/N-ethyl adjacent to an activating group) is 1. The van der Waals surface area contributed by atoms with Crippen LogP contribution in [0.15, 0.2) is 0 Å². The molecule has 24 heavy (non-hydrogen) atoms. The second-order valence-corrected chi connectivity index (χ2v) is 8.06. The third-order valence-electron chi connectivity index (χ3n) is 3.77. The van der Waals surface area contributed by atoms with Crippen LogP contribution in [0, 0.1) is 0 Å². The van der Waals surface area contributed by atoms with Crippen molar-refractivity contribution in [1.82, 2.24) is 5.32 Å². The van der Waals surface area contributed by atoms with E-state index in [9.17, 15) is 14.4 Å². The number of thiophene rings is 1. The van der Waals surface area contributed by atoms with Crippen LogP contribution in [0.1, 0.15) is 77.4 Å². The quantitative estimate of drug-likeness (QED) is 0.391. The summed E-state index contributed by atoms with van der Waals surface area (Å²) in [7, 11) is 0. The Kier molecular flexibility index (Phi) is 5.80. The highest BCUT2D eigenvalue weighted by Crippen LogP contribution is 2.35. The lowest BCUT2D eigenvalue weighted by molar-refractivity contribution is -0.116. The van der Waals surface area contributed by atoms with Crippen LogP contribution in [0.5, 0.6) is 0 Å². The molecule has 1 heterocycles. The summed E-state index contributed by atoms with van der Waals surface area (Å²) in [5.41, 5.74) is 0.560. The number of fused-ring (bicyclic) bond motifs is 1. The standard InChI is InChI=1S/C18H25NO4S/c1-5-19-16(21)14(20)15-13(17(22)23-18(2,3)4)11-9-7-6-8-10-12(11)24-15/h5-10H2,1-4H3,(H,19,21). The minimum absolute atomic E-state index is 0.224. The van der Waals surface area contributed by atoms with Crippen molar-refractivity contribution in [3.8, 4) is 0 Å². The Bertz CT molecular complexity index is 655. The zero-order valence-corrected chi connectivity index (χ0v) is 15.6. The van der Waals surface area contributed by atoms with Gasteiger partial charge in [-0.05, 0) is 58.9 Å². The van der Waals surface area contributed by atoms with Gasteiger partial charge >= 0.3 is 5.97 Å². The molecule has 0 atom stereocenters. The summed E-state index contributed by atoms with van der Waals surface area (Å²) in [6.07, 6.45) is 4.72. The van der Waals surface area contributed by atoms with Crippen molar-refractivity contribution in [2.45, 2.75) is 65.4 Å². The van der Waals surface area contributed by atoms with E-state index in [4.69, 9.17) is 4.74 Å². The maximum absolute atomic E-state index is 12.7. The molecule has 1 amide bonds. The fraction of sp³-hybridized carbons (Fsp3) is 0.611. The second kappa shape index (κ2) is 7.47. The number of aryl methyl sites for hydroxylation is 1. The molecular formula is C18H25NO4S. The zero-order chi connectivity index (χ0) is 17.9. The molecule has 2 rings (SSSR count). The van der Waals surface area contributed by atoms with Gasteiger partial charge in [0.25, 0.3) is 11.7 Å². The van der Waals surface area contributed by atoms with Crippen molar-refractivity contribution in [2.75, 3.05) is 6.54 Å². The number of hydrogen-bond acceptors (Lipinski definition) is 5. The van der Waals surface area contributed by atoms with Gasteiger partial charge in [-0.2, -0.15) is 0 Å². The van der Waals surface area contributed by atoms with Crippen LogP contribution < -0.4 is 5.32 Å². The van der Waals surface area contributed by atoms with Crippen molar-refractivity contribution < 1.29 is 19.1 Å². The van der Waals surface area contributed by atoms with Crippen LogP contribution in [0.4, 0.5) is 0 Å². The Morgan fingerprint density at radius 2 is 1.79 bits per heavy atom. The minimum atomic E-state index is -0.668. The first-order valence-corrected chi connectivity index (χ1v) is 9.26. The van der Waals surface area contributed by atoms with Crippen molar-refractivity contribution in [1.29, 1.82) is 0 Å². The average Bonchev–Trinajstić information content (AvgIpc) is 2.68. The molecule has 5 nitrogen and oxygen atoms in total. The van der Waals surface area contributed by atoms with E-state index in [0.29, 0.717) is 12.1 Å². The fourth-order valence-electron chi connectivity index (χ4n) is 2.79. The van der Waals surface area contributed by atoms with Gasteiger partial charge in [0.1, 0.15) is 5.60 Å². The van der Waals surface area contributed by atoms with E-state index in [1.54, 1.807) is 27.7 Å². The lowest BCUT2D eigenvalue weighted by atomic mass is 10.0. The van der Waals surface area contributed by atoms with Crippen molar-refractivity contribution in [2.24, 2.45) is 0 Å². The third-order valence-corrected chi connectivity index (χ3v) is 5.06. The predicted octanol–water partition coefficient (Wildman–Crippen LogP) is 3.29. The average molecular weight is 351 g/mol. The van der Waals surface area contributed by atoms with Crippen LogP contribution in [-0.2, 0) is 22.4 Å². The largest absolute Gasteiger partial charge is 0.456 e. The Morgan fingerprint density at radius 3 is 2.42 bits per heavy atom. The summed E-state index contributed by atoms with van der Waals surface area (Å²) in [5.74, 6) is -1.82. The van der Waals surface area contributed by atoms with E-state index in [1.165, 1.54) is 11.3 Å². The van der Waals surface area contributed by atoms with Crippen molar-refractivity contribution in [3.05, 3.63) is 20.9 Å². The van der Waals surface area contributed by atoms with Crippen molar-refractivity contribution >= 4 is 29.0 Å². The highest BCUT2D eigenvalue weighted by atomic mass is 32.1. The van der Waals surface area contributed by atoms with E-state index < -0.39 is 23.3 Å². The van der Waals surface area contributed by atoms with Crippen LogP contribution in [0.3, 0.4) is 0 Å². The van der Waals surface area contributed by atoms with E-state index in [0.717, 1.165) is 42.5 Å². The number of carbonyl (C=O) groups is 3. The zero-order valence-electron chi connectivity index (χ0n) is 14.8. The number of ketones is 1. The fourth-order valence-corrected chi connectivity index (χ4v) is 4.11. The molecule has 1 aromatic rings. The lowest BCUT2D eigenvalue weighted by Gasteiger charge is -2.20. The van der Waals surface area contributed by atoms with Crippen LogP contribution in [0.2, 0.25) is 0 Å². The van der Waals surface area contributed by atoms with Crippen LogP contribution >= 0.6 is 11.3 Å². The smallest absolute Gasteiger partial charge is 0.340 e. The molecular weight excluding hydrogens is 326 g/mol. The molecule has 1 aromatic heterocycles. The SMILES string of the molecule is CCNC(=O)C(=O)c1sc2c(c1C(=O)OC(C)(C)C)CCCCC2. The Balaban J connectivity index is 2.48. The Hall–Kier alpha value is -1.69. The first kappa shape index (κ1) is 18.6. The number of ether oxygens (including phenoxy) is 1. The molecule has 1 N–H and O–H groups in total. The van der Waals surface area contributed by atoms with Gasteiger partial charge < -0.3 is 10.1 Å². The lowest BCUT2D eigenvalue weighted by Crippen LogP contribution is -2.32. The summed E-state index contributed by atoms with van der Waals surface area (Å²) in [6.45, 7) is 7.50. The van der Waals surface area contributed by atoms with E-state index in [1.807, 2.05) is 0 Å². The number of amides is 1. The molecule has 0 fully saturated rings. The van der Waals surface area contributed by atoms with Gasteiger partial charge in [0.05, 0.1) is 10.4 Å². The first-order valence-electron chi connectivity index (χ1n) is 8.45. The molecule has 1 aliphatic rings. The van der Waals surface area contributed by atoms with Gasteiger partial charge in [0, 0.05) is 11.4 Å². The molecule has 0 unspecified atom stereocenters. The van der Waals surface area contributed by atoms with Gasteiger partial charge in [-0.3, -0.25) is 9.59 Å². The first-order chi connectivity index (χ1) is 11.2. The molecule has 1 aliphatic carbocycles. The van der Waals surface area contributed by atoms with Gasteiger partial charge in [0.2, 0.25) is 0 Å². The molecule has 0 spiro atoms. The summed E-state index contributed by atoms with van der Waals surface area (Å²) in [4.78, 5) is 38.5. The third kappa shape index (κ3) is 4.23. The summed E-state index contributed by atoms with van der Waals surface area (Å²) in [5, 5.41) is 2.52. The normalized spacial score (nSPS) is 14.5. The molecule has 132 valence electrons. The van der Waals surface area contributed by atoms with Gasteiger partial charge in [-0.25, -0.2) is 4.79 Å². The van der Waals surface area contributed by atoms with Gasteiger partial charge in [-0.15, -0.1) is 11.3 Å². The molecule has 0 aliphatic heterocycles. The topological polar surface area (TPSA) is 72.5 Å². The maximum Gasteiger partial charge on any atom is 0.340 e. The number of nitrogens with one attached hydrogen (secondary N) is 1. The molecule has 6 heteroatoms. The number of Topliss-reactive ketones (excluding diaryl/α,β-unsaturated/α-hetero) is 1. The molecule has 0 radical (unpaired) electrons. The van der Waals surface area contributed by atoms with Crippen molar-refractivity contribution in [3.63, 3.8) is 0 Å². The van der Waals surface area contributed by atoms with E-state index >= 15 is 0 Å². The Morgan fingerprint density at radius 1 is 1.12 bits per heavy atom. The van der Waals surface area contributed by atoms with E-state index in [-0.39, 0.29) is 4.88 Å². The monoisotopic (exact) mass is 351 g/mol. The highest BCUT2D eigenvalue weighted by molar-refractivity contribution is 7.15. The number of hydrogen-bond donors (Lipinski definition) is 1. The van der Waals surface area contributed by atoms with Gasteiger partial charge in [0.15, 0.2) is 0 Å². The van der Waals surface area contributed by atoms with Crippen LogP contribution in [0.25, 0.3) is 0 Å².